The van der Waals surface area contributed by atoms with Crippen LogP contribution in [0.15, 0.2) is 65.3 Å². The second-order valence-electron chi connectivity index (χ2n) is 8.51. The van der Waals surface area contributed by atoms with Gasteiger partial charge in [0.15, 0.2) is 0 Å². The lowest BCUT2D eigenvalue weighted by Crippen LogP contribution is -2.22. The van der Waals surface area contributed by atoms with Crippen molar-refractivity contribution < 1.29 is 18.7 Å². The van der Waals surface area contributed by atoms with E-state index in [9.17, 15) is 9.59 Å². The van der Waals surface area contributed by atoms with Crippen molar-refractivity contribution >= 4 is 39.2 Å². The maximum Gasteiger partial charge on any atom is 0.216 e. The first-order chi connectivity index (χ1) is 17.0. The lowest BCUT2D eigenvalue weighted by Gasteiger charge is -2.12. The number of anilines is 1. The Balaban J connectivity index is 1.33. The molecule has 0 radical (unpaired) electrons. The van der Waals surface area contributed by atoms with E-state index in [1.165, 1.54) is 19.4 Å². The van der Waals surface area contributed by atoms with Gasteiger partial charge in [-0.3, -0.25) is 9.59 Å². The molecule has 0 aliphatic rings. The molecule has 4 aromatic rings. The van der Waals surface area contributed by atoms with Crippen LogP contribution in [-0.4, -0.2) is 38.1 Å². The first kappa shape index (κ1) is 24.1. The maximum absolute atomic E-state index is 11.2. The SMILES string of the molecule is CC(=O)NCCc1cccc2ccc(OCCNc3ccc4occ(CCNC(C)=O)c4c3)cc12. The number of rotatable bonds is 11. The Morgan fingerprint density at radius 1 is 0.829 bits per heavy atom. The molecular weight excluding hydrogens is 442 g/mol. The van der Waals surface area contributed by atoms with E-state index < -0.39 is 0 Å². The van der Waals surface area contributed by atoms with Crippen LogP contribution in [0, 0.1) is 0 Å². The molecule has 35 heavy (non-hydrogen) atoms. The smallest absolute Gasteiger partial charge is 0.216 e. The Morgan fingerprint density at radius 2 is 1.60 bits per heavy atom. The third kappa shape index (κ3) is 6.53. The number of hydrogen-bond donors (Lipinski definition) is 3. The van der Waals surface area contributed by atoms with E-state index in [-0.39, 0.29) is 11.8 Å². The van der Waals surface area contributed by atoms with Crippen LogP contribution in [0.2, 0.25) is 0 Å². The van der Waals surface area contributed by atoms with E-state index in [1.807, 2.05) is 24.3 Å². The van der Waals surface area contributed by atoms with E-state index in [4.69, 9.17) is 9.15 Å². The highest BCUT2D eigenvalue weighted by atomic mass is 16.5. The molecule has 0 saturated carbocycles. The second-order valence-corrected chi connectivity index (χ2v) is 8.51. The molecule has 1 aromatic heterocycles. The molecule has 3 aromatic carbocycles. The topological polar surface area (TPSA) is 92.6 Å². The van der Waals surface area contributed by atoms with Gasteiger partial charge in [0.25, 0.3) is 0 Å². The molecule has 1 heterocycles. The molecule has 0 spiro atoms. The van der Waals surface area contributed by atoms with Gasteiger partial charge in [-0.25, -0.2) is 0 Å². The lowest BCUT2D eigenvalue weighted by molar-refractivity contribution is -0.119. The highest BCUT2D eigenvalue weighted by Gasteiger charge is 2.08. The molecule has 0 atom stereocenters. The number of amides is 2. The van der Waals surface area contributed by atoms with Crippen molar-refractivity contribution in [3.05, 3.63) is 72.0 Å². The van der Waals surface area contributed by atoms with Gasteiger partial charge in [-0.1, -0.05) is 24.3 Å². The third-order valence-corrected chi connectivity index (χ3v) is 5.83. The largest absolute Gasteiger partial charge is 0.492 e. The minimum Gasteiger partial charge on any atom is -0.492 e. The van der Waals surface area contributed by atoms with Crippen LogP contribution < -0.4 is 20.7 Å². The fraction of sp³-hybridized carbons (Fsp3) is 0.286. The summed E-state index contributed by atoms with van der Waals surface area (Å²) in [6.45, 7) is 5.40. The van der Waals surface area contributed by atoms with Gasteiger partial charge in [0.05, 0.1) is 6.26 Å². The van der Waals surface area contributed by atoms with Gasteiger partial charge in [0.1, 0.15) is 17.9 Å². The Hall–Kier alpha value is -4.00. The molecule has 0 saturated heterocycles. The summed E-state index contributed by atoms with van der Waals surface area (Å²) in [5.41, 5.74) is 4.07. The zero-order chi connectivity index (χ0) is 24.6. The Kier molecular flexibility index (Phi) is 7.88. The predicted molar refractivity (Wildman–Crippen MR) is 139 cm³/mol. The highest BCUT2D eigenvalue weighted by Crippen LogP contribution is 2.26. The Bertz CT molecular complexity index is 1330. The molecular formula is C28H31N3O4. The fourth-order valence-electron chi connectivity index (χ4n) is 4.12. The number of benzene rings is 3. The molecule has 0 fully saturated rings. The van der Waals surface area contributed by atoms with Crippen molar-refractivity contribution in [2.24, 2.45) is 0 Å². The Morgan fingerprint density at radius 3 is 2.37 bits per heavy atom. The molecule has 3 N–H and O–H groups in total. The van der Waals surface area contributed by atoms with Gasteiger partial charge in [-0.05, 0) is 59.5 Å². The quantitative estimate of drug-likeness (QED) is 0.280. The number of carbonyl (C=O) groups is 2. The molecule has 4 rings (SSSR count). The summed E-state index contributed by atoms with van der Waals surface area (Å²) in [6, 6.07) is 18.3. The van der Waals surface area contributed by atoms with Crippen molar-refractivity contribution in [1.29, 1.82) is 0 Å². The van der Waals surface area contributed by atoms with Crippen molar-refractivity contribution in [3.63, 3.8) is 0 Å². The molecule has 0 bridgehead atoms. The van der Waals surface area contributed by atoms with Gasteiger partial charge in [-0.2, -0.15) is 0 Å². The number of carbonyl (C=O) groups excluding carboxylic acids is 2. The van der Waals surface area contributed by atoms with Gasteiger partial charge in [-0.15, -0.1) is 0 Å². The van der Waals surface area contributed by atoms with E-state index in [2.05, 4.69) is 46.3 Å². The summed E-state index contributed by atoms with van der Waals surface area (Å²) in [5.74, 6) is 0.763. The summed E-state index contributed by atoms with van der Waals surface area (Å²) >= 11 is 0. The normalized spacial score (nSPS) is 10.9. The predicted octanol–water partition coefficient (Wildman–Crippen LogP) is 4.43. The molecule has 0 aliphatic carbocycles. The van der Waals surface area contributed by atoms with Gasteiger partial charge in [0.2, 0.25) is 11.8 Å². The van der Waals surface area contributed by atoms with Crippen molar-refractivity contribution in [1.82, 2.24) is 10.6 Å². The second kappa shape index (κ2) is 11.4. The molecule has 7 nitrogen and oxygen atoms in total. The van der Waals surface area contributed by atoms with E-state index >= 15 is 0 Å². The van der Waals surface area contributed by atoms with Crippen LogP contribution >= 0.6 is 0 Å². The first-order valence-corrected chi connectivity index (χ1v) is 11.9. The van der Waals surface area contributed by atoms with Crippen LogP contribution in [0.25, 0.3) is 21.7 Å². The highest BCUT2D eigenvalue weighted by molar-refractivity contribution is 5.87. The van der Waals surface area contributed by atoms with E-state index in [1.54, 1.807) is 6.26 Å². The van der Waals surface area contributed by atoms with Crippen LogP contribution in [0.5, 0.6) is 5.75 Å². The van der Waals surface area contributed by atoms with Gasteiger partial charge in [0, 0.05) is 50.1 Å². The van der Waals surface area contributed by atoms with Gasteiger partial charge < -0.3 is 25.1 Å². The summed E-state index contributed by atoms with van der Waals surface area (Å²) in [7, 11) is 0. The zero-order valence-corrected chi connectivity index (χ0v) is 20.1. The van der Waals surface area contributed by atoms with Crippen LogP contribution in [0.1, 0.15) is 25.0 Å². The summed E-state index contributed by atoms with van der Waals surface area (Å²) in [6.07, 6.45) is 3.24. The Labute approximate surface area is 204 Å². The molecule has 2 amide bonds. The standard InChI is InChI=1S/C28H31N3O4/c1-19(32)29-12-10-22-5-3-4-21-6-8-25(17-26(21)22)34-15-14-31-24-7-9-28-27(16-24)23(18-35-28)11-13-30-20(2)33/h3-9,16-18,31H,10-15H2,1-2H3,(H,29,32)(H,30,33). The van der Waals surface area contributed by atoms with Crippen molar-refractivity contribution in [2.45, 2.75) is 26.7 Å². The van der Waals surface area contributed by atoms with Crippen LogP contribution in [0.4, 0.5) is 5.69 Å². The first-order valence-electron chi connectivity index (χ1n) is 11.9. The summed E-state index contributed by atoms with van der Waals surface area (Å²) < 4.78 is 11.7. The number of nitrogens with one attached hydrogen (secondary N) is 3. The number of hydrogen-bond acceptors (Lipinski definition) is 5. The summed E-state index contributed by atoms with van der Waals surface area (Å²) in [4.78, 5) is 22.3. The van der Waals surface area contributed by atoms with Crippen molar-refractivity contribution in [3.8, 4) is 5.75 Å². The number of fused-ring (bicyclic) bond motifs is 2. The maximum atomic E-state index is 11.2. The zero-order valence-electron chi connectivity index (χ0n) is 20.1. The number of ether oxygens (including phenoxy) is 1. The van der Waals surface area contributed by atoms with Crippen molar-refractivity contribution in [2.75, 3.05) is 31.6 Å². The lowest BCUT2D eigenvalue weighted by atomic mass is 10.0. The average Bonchev–Trinajstić information content (AvgIpc) is 3.24. The minimum atomic E-state index is -0.0345. The third-order valence-electron chi connectivity index (χ3n) is 5.83. The minimum absolute atomic E-state index is 0.0186. The molecule has 182 valence electrons. The van der Waals surface area contributed by atoms with E-state index in [0.717, 1.165) is 45.2 Å². The molecule has 7 heteroatoms. The van der Waals surface area contributed by atoms with Crippen LogP contribution in [-0.2, 0) is 22.4 Å². The van der Waals surface area contributed by atoms with E-state index in [0.29, 0.717) is 32.7 Å². The fourth-order valence-corrected chi connectivity index (χ4v) is 4.12. The average molecular weight is 474 g/mol. The number of furan rings is 1. The molecule has 0 aliphatic heterocycles. The summed E-state index contributed by atoms with van der Waals surface area (Å²) in [5, 5.41) is 12.4. The monoisotopic (exact) mass is 473 g/mol. The van der Waals surface area contributed by atoms with Crippen LogP contribution in [0.3, 0.4) is 0 Å². The van der Waals surface area contributed by atoms with Gasteiger partial charge >= 0.3 is 0 Å². The molecule has 0 unspecified atom stereocenters.